The Morgan fingerprint density at radius 2 is 2.14 bits per heavy atom. The fourth-order valence-corrected chi connectivity index (χ4v) is 2.29. The van der Waals surface area contributed by atoms with Crippen LogP contribution in [0.1, 0.15) is 37.0 Å². The number of halogens is 1. The fourth-order valence-electron chi connectivity index (χ4n) is 2.12. The first-order chi connectivity index (χ1) is 10.5. The lowest BCUT2D eigenvalue weighted by Crippen LogP contribution is -2.35. The van der Waals surface area contributed by atoms with Crippen LogP contribution in [-0.4, -0.2) is 29.4 Å². The Kier molecular flexibility index (Phi) is 5.44. The van der Waals surface area contributed by atoms with Crippen LogP contribution in [0, 0.1) is 0 Å². The van der Waals surface area contributed by atoms with Gasteiger partial charge in [0.2, 0.25) is 5.91 Å². The number of aromatic amines is 1. The van der Waals surface area contributed by atoms with Gasteiger partial charge in [-0.1, -0.05) is 24.6 Å². The number of benzene rings is 1. The van der Waals surface area contributed by atoms with E-state index in [0.29, 0.717) is 17.1 Å². The molecule has 0 spiro atoms. The molecule has 1 aromatic carbocycles. The lowest BCUT2D eigenvalue weighted by molar-refractivity contribution is -0.121. The molecular weight excluding hydrogens is 302 g/mol. The first kappa shape index (κ1) is 16.4. The largest absolute Gasteiger partial charge is 0.360 e. The number of fused-ring (bicyclic) bond motifs is 1. The molecule has 2 amide bonds. The van der Waals surface area contributed by atoms with E-state index in [-0.39, 0.29) is 24.3 Å². The minimum atomic E-state index is -0.204. The predicted octanol–water partition coefficient (Wildman–Crippen LogP) is 2.86. The number of H-pyrrole nitrogens is 1. The molecule has 0 saturated heterocycles. The molecule has 0 saturated carbocycles. The van der Waals surface area contributed by atoms with Crippen molar-refractivity contribution in [3.8, 4) is 0 Å². The van der Waals surface area contributed by atoms with Gasteiger partial charge in [0, 0.05) is 41.1 Å². The number of nitrogens with one attached hydrogen (secondary N) is 3. The van der Waals surface area contributed by atoms with Crippen molar-refractivity contribution in [2.75, 3.05) is 6.54 Å². The van der Waals surface area contributed by atoms with Crippen molar-refractivity contribution in [1.29, 1.82) is 0 Å². The van der Waals surface area contributed by atoms with Gasteiger partial charge in [-0.2, -0.15) is 0 Å². The standard InChI is InChI=1S/C16H20ClN3O2/c1-3-10(2)20-15(21)6-7-18-16(22)13-9-19-14-8-11(17)4-5-12(13)14/h4-5,8-10,19H,3,6-7H2,1-2H3,(H,18,22)(H,20,21). The van der Waals surface area contributed by atoms with Gasteiger partial charge in [-0.05, 0) is 25.5 Å². The molecule has 0 radical (unpaired) electrons. The van der Waals surface area contributed by atoms with E-state index in [2.05, 4.69) is 15.6 Å². The highest BCUT2D eigenvalue weighted by atomic mass is 35.5. The van der Waals surface area contributed by atoms with Crippen molar-refractivity contribution in [3.05, 3.63) is 35.0 Å². The molecular formula is C16H20ClN3O2. The number of carbonyl (C=O) groups is 2. The minimum absolute atomic E-state index is 0.0552. The van der Waals surface area contributed by atoms with E-state index in [1.54, 1.807) is 24.4 Å². The summed E-state index contributed by atoms with van der Waals surface area (Å²) in [6.45, 7) is 4.27. The smallest absolute Gasteiger partial charge is 0.253 e. The Balaban J connectivity index is 1.90. The molecule has 22 heavy (non-hydrogen) atoms. The maximum Gasteiger partial charge on any atom is 0.253 e. The second kappa shape index (κ2) is 7.31. The average Bonchev–Trinajstić information content (AvgIpc) is 2.89. The van der Waals surface area contributed by atoms with Gasteiger partial charge >= 0.3 is 0 Å². The fraction of sp³-hybridized carbons (Fsp3) is 0.375. The summed E-state index contributed by atoms with van der Waals surface area (Å²) in [7, 11) is 0. The zero-order valence-electron chi connectivity index (χ0n) is 12.7. The van der Waals surface area contributed by atoms with Crippen LogP contribution in [-0.2, 0) is 4.79 Å². The van der Waals surface area contributed by atoms with Crippen LogP contribution in [0.3, 0.4) is 0 Å². The molecule has 0 fully saturated rings. The van der Waals surface area contributed by atoms with Crippen LogP contribution >= 0.6 is 11.6 Å². The third-order valence-electron chi connectivity index (χ3n) is 3.55. The first-order valence-corrected chi connectivity index (χ1v) is 7.73. The molecule has 0 aliphatic heterocycles. The second-order valence-corrected chi connectivity index (χ2v) is 5.71. The van der Waals surface area contributed by atoms with Crippen molar-refractivity contribution >= 4 is 34.3 Å². The number of amides is 2. The SMILES string of the molecule is CCC(C)NC(=O)CCNC(=O)c1c[nH]c2cc(Cl)ccc12. The lowest BCUT2D eigenvalue weighted by atomic mass is 10.1. The molecule has 1 unspecified atom stereocenters. The van der Waals surface area contributed by atoms with Crippen LogP contribution in [0.4, 0.5) is 0 Å². The van der Waals surface area contributed by atoms with E-state index in [1.807, 2.05) is 13.8 Å². The van der Waals surface area contributed by atoms with Crippen LogP contribution in [0.2, 0.25) is 5.02 Å². The number of rotatable bonds is 6. The van der Waals surface area contributed by atoms with Crippen molar-refractivity contribution in [2.24, 2.45) is 0 Å². The van der Waals surface area contributed by atoms with Crippen LogP contribution in [0.25, 0.3) is 10.9 Å². The molecule has 2 rings (SSSR count). The Morgan fingerprint density at radius 3 is 2.86 bits per heavy atom. The topological polar surface area (TPSA) is 74.0 Å². The Hall–Kier alpha value is -2.01. The highest BCUT2D eigenvalue weighted by Gasteiger charge is 2.12. The van der Waals surface area contributed by atoms with Gasteiger partial charge in [-0.15, -0.1) is 0 Å². The first-order valence-electron chi connectivity index (χ1n) is 7.35. The Morgan fingerprint density at radius 1 is 1.36 bits per heavy atom. The third kappa shape index (κ3) is 4.01. The zero-order chi connectivity index (χ0) is 16.1. The highest BCUT2D eigenvalue weighted by Crippen LogP contribution is 2.21. The van der Waals surface area contributed by atoms with E-state index in [1.165, 1.54) is 0 Å². The van der Waals surface area contributed by atoms with Crippen molar-refractivity contribution in [3.63, 3.8) is 0 Å². The summed E-state index contributed by atoms with van der Waals surface area (Å²) in [6.07, 6.45) is 2.80. The Bertz CT molecular complexity index is 681. The zero-order valence-corrected chi connectivity index (χ0v) is 13.5. The lowest BCUT2D eigenvalue weighted by Gasteiger charge is -2.11. The van der Waals surface area contributed by atoms with Crippen molar-refractivity contribution in [2.45, 2.75) is 32.7 Å². The molecule has 0 bridgehead atoms. The summed E-state index contributed by atoms with van der Waals surface area (Å²) in [5, 5.41) is 7.05. The minimum Gasteiger partial charge on any atom is -0.360 e. The van der Waals surface area contributed by atoms with Crippen LogP contribution in [0.5, 0.6) is 0 Å². The summed E-state index contributed by atoms with van der Waals surface area (Å²) < 4.78 is 0. The van der Waals surface area contributed by atoms with E-state index in [0.717, 1.165) is 17.3 Å². The van der Waals surface area contributed by atoms with Crippen molar-refractivity contribution < 1.29 is 9.59 Å². The molecule has 3 N–H and O–H groups in total. The van der Waals surface area contributed by atoms with E-state index in [9.17, 15) is 9.59 Å². The quantitative estimate of drug-likeness (QED) is 0.765. The molecule has 1 aromatic heterocycles. The summed E-state index contributed by atoms with van der Waals surface area (Å²) in [5.41, 5.74) is 1.36. The van der Waals surface area contributed by atoms with Gasteiger partial charge in [-0.25, -0.2) is 0 Å². The van der Waals surface area contributed by atoms with Crippen LogP contribution in [0.15, 0.2) is 24.4 Å². The van der Waals surface area contributed by atoms with E-state index in [4.69, 9.17) is 11.6 Å². The second-order valence-electron chi connectivity index (χ2n) is 5.27. The molecule has 1 atom stereocenters. The van der Waals surface area contributed by atoms with Gasteiger partial charge < -0.3 is 15.6 Å². The average molecular weight is 322 g/mol. The number of hydrogen-bond acceptors (Lipinski definition) is 2. The molecule has 0 aliphatic rings. The highest BCUT2D eigenvalue weighted by molar-refractivity contribution is 6.31. The summed E-state index contributed by atoms with van der Waals surface area (Å²) in [4.78, 5) is 26.8. The molecule has 5 nitrogen and oxygen atoms in total. The molecule has 1 heterocycles. The van der Waals surface area contributed by atoms with Gasteiger partial charge in [0.05, 0.1) is 5.56 Å². The maximum atomic E-state index is 12.2. The Labute approximate surface area is 134 Å². The van der Waals surface area contributed by atoms with Gasteiger partial charge in [0.1, 0.15) is 0 Å². The molecule has 6 heteroatoms. The molecule has 0 aliphatic carbocycles. The number of aromatic nitrogens is 1. The van der Waals surface area contributed by atoms with Gasteiger partial charge in [-0.3, -0.25) is 9.59 Å². The monoisotopic (exact) mass is 321 g/mol. The van der Waals surface area contributed by atoms with Crippen molar-refractivity contribution in [1.82, 2.24) is 15.6 Å². The van der Waals surface area contributed by atoms with Crippen LogP contribution < -0.4 is 10.6 Å². The van der Waals surface area contributed by atoms with Gasteiger partial charge in [0.15, 0.2) is 0 Å². The maximum absolute atomic E-state index is 12.2. The molecule has 118 valence electrons. The number of hydrogen-bond donors (Lipinski definition) is 3. The number of carbonyl (C=O) groups excluding carboxylic acids is 2. The normalized spacial score (nSPS) is 12.1. The van der Waals surface area contributed by atoms with E-state index >= 15 is 0 Å². The van der Waals surface area contributed by atoms with Gasteiger partial charge in [0.25, 0.3) is 5.91 Å². The third-order valence-corrected chi connectivity index (χ3v) is 3.78. The summed E-state index contributed by atoms with van der Waals surface area (Å²) >= 11 is 5.91. The summed E-state index contributed by atoms with van der Waals surface area (Å²) in [6, 6.07) is 5.47. The predicted molar refractivity (Wildman–Crippen MR) is 88.2 cm³/mol. The summed E-state index contributed by atoms with van der Waals surface area (Å²) in [5.74, 6) is -0.259. The molecule has 2 aromatic rings. The van der Waals surface area contributed by atoms with E-state index < -0.39 is 0 Å².